The Labute approximate surface area is 495 Å². The zero-order valence-corrected chi connectivity index (χ0v) is 48.4. The fourth-order valence-corrected chi connectivity index (χ4v) is 8.04. The van der Waals surface area contributed by atoms with Crippen molar-refractivity contribution in [2.45, 2.75) is 153 Å². The molecule has 86 heavy (non-hydrogen) atoms. The maximum absolute atomic E-state index is 14.1. The van der Waals surface area contributed by atoms with Crippen LogP contribution in [0, 0.1) is 11.8 Å². The van der Waals surface area contributed by atoms with Crippen molar-refractivity contribution in [3.63, 3.8) is 0 Å². The van der Waals surface area contributed by atoms with E-state index in [2.05, 4.69) is 53.2 Å². The Balaban J connectivity index is 2.26. The number of aliphatic carboxylic acids is 3. The molecule has 0 aliphatic heterocycles. The topological polar surface area (TPSA) is 518 Å². The van der Waals surface area contributed by atoms with Crippen LogP contribution in [-0.2, 0) is 80.0 Å². The number of nitrogens with two attached hydrogens (primary N) is 3. The predicted octanol–water partition coefficient (Wildman–Crippen LogP) is -4.97. The molecule has 0 saturated carbocycles. The van der Waals surface area contributed by atoms with Gasteiger partial charge in [0.25, 0.3) is 0 Å². The van der Waals surface area contributed by atoms with Crippen LogP contribution in [0.15, 0.2) is 60.7 Å². The molecule has 0 aliphatic carbocycles. The van der Waals surface area contributed by atoms with E-state index in [4.69, 9.17) is 17.2 Å². The van der Waals surface area contributed by atoms with Crippen molar-refractivity contribution in [3.05, 3.63) is 71.8 Å². The summed E-state index contributed by atoms with van der Waals surface area (Å²) in [6.07, 6.45) is -2.79. The summed E-state index contributed by atoms with van der Waals surface area (Å²) < 4.78 is 0. The van der Waals surface area contributed by atoms with Crippen LogP contribution < -0.4 is 70.4 Å². The van der Waals surface area contributed by atoms with Crippen LogP contribution in [0.3, 0.4) is 0 Å². The van der Waals surface area contributed by atoms with Gasteiger partial charge in [-0.3, -0.25) is 62.3 Å². The van der Waals surface area contributed by atoms with E-state index in [1.807, 2.05) is 0 Å². The first-order valence-corrected chi connectivity index (χ1v) is 27.6. The van der Waals surface area contributed by atoms with Gasteiger partial charge in [-0.2, -0.15) is 0 Å². The van der Waals surface area contributed by atoms with Gasteiger partial charge in [-0.15, -0.1) is 0 Å². The normalized spacial score (nSPS) is 14.5. The lowest BCUT2D eigenvalue weighted by Gasteiger charge is -2.27. The van der Waals surface area contributed by atoms with Crippen LogP contribution in [0.25, 0.3) is 0 Å². The number of carboxylic acids is 3. The van der Waals surface area contributed by atoms with Crippen LogP contribution in [-0.4, -0.2) is 183 Å². The molecule has 0 heterocycles. The van der Waals surface area contributed by atoms with E-state index in [0.29, 0.717) is 24.0 Å². The molecule has 0 aromatic heterocycles. The van der Waals surface area contributed by atoms with Crippen molar-refractivity contribution in [2.24, 2.45) is 29.0 Å². The number of carboxylic acid groups (broad SMARTS) is 3. The minimum absolute atomic E-state index is 0.00228. The molecule has 0 aliphatic rings. The summed E-state index contributed by atoms with van der Waals surface area (Å²) in [5.74, 6) is -17.2. The number of aliphatic hydroxyl groups excluding tert-OH is 1. The minimum Gasteiger partial charge on any atom is -0.481 e. The third-order valence-corrected chi connectivity index (χ3v) is 13.0. The Hall–Kier alpha value is -9.10. The maximum Gasteiger partial charge on any atom is 0.326 e. The molecule has 2 aromatic rings. The highest BCUT2D eigenvalue weighted by Gasteiger charge is 2.36. The van der Waals surface area contributed by atoms with Gasteiger partial charge in [0.1, 0.15) is 54.4 Å². The fraction of sp³-hybridized carbons (Fsp3) is 0.527. The van der Waals surface area contributed by atoms with Crippen molar-refractivity contribution < 1.29 is 87.5 Å². The van der Waals surface area contributed by atoms with E-state index < -0.39 is 188 Å². The highest BCUT2D eigenvalue weighted by Crippen LogP contribution is 2.11. The lowest BCUT2D eigenvalue weighted by atomic mass is 10.0. The van der Waals surface area contributed by atoms with E-state index in [0.717, 1.165) is 0 Å². The average Bonchev–Trinajstić information content (AvgIpc) is 3.60. The van der Waals surface area contributed by atoms with Gasteiger partial charge < -0.3 is 90.8 Å². The van der Waals surface area contributed by atoms with Crippen LogP contribution in [0.1, 0.15) is 90.7 Å². The standard InChI is InChI=1S/C55H81N13O18/c1-28(2)44(58)53(83)67-36(23-32-16-10-7-11-17-32)49(79)64-35(22-31-14-8-6-9-15-31)48(78)60-30(5)46(76)62-33(19-20-42(72)73)47(77)66-38(25-43(74)75)51(81)68-45(29(3)4)54(84)59-26-41(71)61-39(27-69)52(82)65-37(24-40(57)70)50(80)63-34(55(85)86)18-12-13-21-56/h6-11,14-17,28-30,33-39,44-45,69H,12-13,18-27,56,58H2,1-5H3,(H2,57,70)(H,59,84)(H,60,78)(H,61,71)(H,62,76)(H,63,80)(H,64,79)(H,65,82)(H,66,77)(H,67,83)(H,68,81)(H,72,73)(H,74,75)(H,85,86)/t30-,33-,34-,35-,36-,37-,38-,39-,44-,45-/m0/s1. The molecular formula is C55H81N13O18. The first-order chi connectivity index (χ1) is 40.5. The Kier molecular flexibility index (Phi) is 31.6. The highest BCUT2D eigenvalue weighted by atomic mass is 16.4. The van der Waals surface area contributed by atoms with Gasteiger partial charge in [0.15, 0.2) is 0 Å². The maximum atomic E-state index is 14.1. The largest absolute Gasteiger partial charge is 0.481 e. The summed E-state index contributed by atoms with van der Waals surface area (Å²) in [6.45, 7) is 5.72. The molecule has 31 heteroatoms. The van der Waals surface area contributed by atoms with Gasteiger partial charge in [0, 0.05) is 19.3 Å². The third-order valence-electron chi connectivity index (χ3n) is 13.0. The molecule has 31 nitrogen and oxygen atoms in total. The number of unbranched alkanes of at least 4 members (excludes halogenated alkanes) is 1. The van der Waals surface area contributed by atoms with Crippen molar-refractivity contribution in [1.29, 1.82) is 0 Å². The zero-order valence-electron chi connectivity index (χ0n) is 48.4. The number of aliphatic hydroxyl groups is 1. The number of rotatable bonds is 39. The molecule has 0 bridgehead atoms. The van der Waals surface area contributed by atoms with Crippen molar-refractivity contribution in [1.82, 2.24) is 53.2 Å². The smallest absolute Gasteiger partial charge is 0.326 e. The number of carbonyl (C=O) groups is 14. The number of carbonyl (C=O) groups excluding carboxylic acids is 11. The van der Waals surface area contributed by atoms with Gasteiger partial charge in [-0.25, -0.2) is 4.79 Å². The van der Waals surface area contributed by atoms with Crippen LogP contribution in [0.2, 0.25) is 0 Å². The molecular weight excluding hydrogens is 1130 g/mol. The molecule has 0 fully saturated rings. The average molecular weight is 1210 g/mol. The summed E-state index contributed by atoms with van der Waals surface area (Å²) in [5.41, 5.74) is 18.0. The minimum atomic E-state index is -2.01. The van der Waals surface area contributed by atoms with Crippen LogP contribution >= 0.6 is 0 Å². The Morgan fingerprint density at radius 2 is 0.919 bits per heavy atom. The molecule has 10 atom stereocenters. The first kappa shape index (κ1) is 73.0. The SMILES string of the molecule is CC(C)[C@H](N)C(=O)N[C@@H](Cc1ccccc1)C(=O)N[C@@H](Cc1ccccc1)C(=O)N[C@@H](C)C(=O)N[C@@H](CCC(=O)O)C(=O)N[C@@H](CC(=O)O)C(=O)N[C@H](C(=O)NCC(=O)N[C@@H](CO)C(=O)N[C@@H](CC(N)=O)C(=O)N[C@@H](CCCCN)C(=O)O)C(C)C. The van der Waals surface area contributed by atoms with Gasteiger partial charge >= 0.3 is 17.9 Å². The second-order valence-corrected chi connectivity index (χ2v) is 20.8. The monoisotopic (exact) mass is 1210 g/mol. The molecule has 2 rings (SSSR count). The van der Waals surface area contributed by atoms with E-state index in [1.54, 1.807) is 74.5 Å². The van der Waals surface area contributed by atoms with Crippen LogP contribution in [0.4, 0.5) is 0 Å². The molecule has 11 amide bonds. The lowest BCUT2D eigenvalue weighted by Crippen LogP contribution is -2.60. The summed E-state index contributed by atoms with van der Waals surface area (Å²) in [6, 6.07) is 1.59. The Morgan fingerprint density at radius 1 is 0.465 bits per heavy atom. The molecule has 0 radical (unpaired) electrons. The number of benzene rings is 2. The van der Waals surface area contributed by atoms with Gasteiger partial charge in [0.05, 0.1) is 32.0 Å². The highest BCUT2D eigenvalue weighted by molar-refractivity contribution is 6.00. The van der Waals surface area contributed by atoms with Gasteiger partial charge in [0.2, 0.25) is 65.0 Å². The Morgan fingerprint density at radius 3 is 1.40 bits per heavy atom. The van der Waals surface area contributed by atoms with E-state index in [9.17, 15) is 87.5 Å². The zero-order chi connectivity index (χ0) is 64.8. The Bertz CT molecular complexity index is 2680. The second-order valence-electron chi connectivity index (χ2n) is 20.8. The first-order valence-electron chi connectivity index (χ1n) is 27.6. The van der Waals surface area contributed by atoms with Crippen molar-refractivity contribution in [2.75, 3.05) is 19.7 Å². The molecule has 2 aromatic carbocycles. The summed E-state index contributed by atoms with van der Waals surface area (Å²) >= 11 is 0. The summed E-state index contributed by atoms with van der Waals surface area (Å²) in [7, 11) is 0. The second kappa shape index (κ2) is 37.3. The number of primary amides is 1. The summed E-state index contributed by atoms with van der Waals surface area (Å²) in [4.78, 5) is 182. The van der Waals surface area contributed by atoms with E-state index >= 15 is 0 Å². The fourth-order valence-electron chi connectivity index (χ4n) is 8.04. The number of nitrogens with one attached hydrogen (secondary N) is 10. The lowest BCUT2D eigenvalue weighted by molar-refractivity contribution is -0.143. The van der Waals surface area contributed by atoms with Crippen LogP contribution in [0.5, 0.6) is 0 Å². The predicted molar refractivity (Wildman–Crippen MR) is 305 cm³/mol. The van der Waals surface area contributed by atoms with Crippen molar-refractivity contribution in [3.8, 4) is 0 Å². The molecule has 20 N–H and O–H groups in total. The van der Waals surface area contributed by atoms with E-state index in [-0.39, 0.29) is 31.7 Å². The van der Waals surface area contributed by atoms with Gasteiger partial charge in [-0.05, 0) is 62.1 Å². The van der Waals surface area contributed by atoms with Gasteiger partial charge in [-0.1, -0.05) is 88.4 Å². The van der Waals surface area contributed by atoms with Crippen molar-refractivity contribution >= 4 is 82.9 Å². The molecule has 0 unspecified atom stereocenters. The molecule has 0 spiro atoms. The molecule has 0 saturated heterocycles. The quantitative estimate of drug-likeness (QED) is 0.0279. The summed E-state index contributed by atoms with van der Waals surface area (Å²) in [5, 5.41) is 61.9. The number of amides is 11. The number of hydrogen-bond acceptors (Lipinski definition) is 17. The van der Waals surface area contributed by atoms with E-state index in [1.165, 1.54) is 20.8 Å². The number of hydrogen-bond donors (Lipinski definition) is 17. The third kappa shape index (κ3) is 26.6. The molecule has 474 valence electrons.